The van der Waals surface area contributed by atoms with Crippen LogP contribution in [0, 0.1) is 5.82 Å². The van der Waals surface area contributed by atoms with Crippen molar-refractivity contribution in [2.24, 2.45) is 0 Å². The van der Waals surface area contributed by atoms with E-state index in [1.54, 1.807) is 0 Å². The first-order valence-electron chi connectivity index (χ1n) is 5.92. The molecule has 0 aliphatic rings. The molecule has 0 bridgehead atoms. The Bertz CT molecular complexity index is 820. The maximum absolute atomic E-state index is 13.1. The summed E-state index contributed by atoms with van der Waals surface area (Å²) in [5.41, 5.74) is -0.0539. The third-order valence-electron chi connectivity index (χ3n) is 2.67. The van der Waals surface area contributed by atoms with Crippen LogP contribution in [-0.2, 0) is 14.9 Å². The lowest BCUT2D eigenvalue weighted by atomic mass is 10.2. The number of methoxy groups -OCH3 is 1. The third-order valence-corrected chi connectivity index (χ3v) is 4.19. The average molecular weight is 345 g/mol. The van der Waals surface area contributed by atoms with E-state index in [1.807, 2.05) is 0 Å². The monoisotopic (exact) mass is 344 g/mol. The summed E-state index contributed by atoms with van der Waals surface area (Å²) in [5.74, 6) is -1.70. The first-order chi connectivity index (χ1) is 10.3. The van der Waals surface area contributed by atoms with Crippen molar-refractivity contribution in [2.45, 2.75) is 4.90 Å². The number of hydrogen-bond donors (Lipinski definition) is 0. The summed E-state index contributed by atoms with van der Waals surface area (Å²) < 4.78 is 46.9. The minimum absolute atomic E-state index is 0.0539. The Kier molecular flexibility index (Phi) is 4.68. The molecule has 2 rings (SSSR count). The summed E-state index contributed by atoms with van der Waals surface area (Å²) in [6.07, 6.45) is 0. The average Bonchev–Trinajstić information content (AvgIpc) is 2.49. The van der Waals surface area contributed by atoms with Crippen molar-refractivity contribution in [3.63, 3.8) is 0 Å². The standard InChI is InChI=1S/C14H10ClFO5S/c1-20-14(17)10-4-2-3-5-13(10)21-22(18,19)9-6-7-12(16)11(15)8-9/h2-8H,1H3. The van der Waals surface area contributed by atoms with Crippen LogP contribution >= 0.6 is 11.6 Å². The van der Waals surface area contributed by atoms with E-state index in [9.17, 15) is 17.6 Å². The van der Waals surface area contributed by atoms with E-state index in [2.05, 4.69) is 4.74 Å². The highest BCUT2D eigenvalue weighted by Crippen LogP contribution is 2.25. The number of carbonyl (C=O) groups is 1. The SMILES string of the molecule is COC(=O)c1ccccc1OS(=O)(=O)c1ccc(F)c(Cl)c1. The van der Waals surface area contributed by atoms with Gasteiger partial charge in [-0.25, -0.2) is 9.18 Å². The van der Waals surface area contributed by atoms with Crippen molar-refractivity contribution in [1.82, 2.24) is 0 Å². The summed E-state index contributed by atoms with van der Waals surface area (Å²) in [4.78, 5) is 11.3. The molecular weight excluding hydrogens is 335 g/mol. The summed E-state index contributed by atoms with van der Waals surface area (Å²) in [6, 6.07) is 8.52. The molecule has 0 spiro atoms. The van der Waals surface area contributed by atoms with Gasteiger partial charge in [0.05, 0.1) is 12.1 Å². The second-order valence-corrected chi connectivity index (χ2v) is 6.05. The summed E-state index contributed by atoms with van der Waals surface area (Å²) in [6.45, 7) is 0. The largest absolute Gasteiger partial charge is 0.465 e. The second-order valence-electron chi connectivity index (χ2n) is 4.10. The molecule has 0 saturated heterocycles. The molecule has 0 N–H and O–H groups in total. The van der Waals surface area contributed by atoms with E-state index in [4.69, 9.17) is 15.8 Å². The molecule has 0 atom stereocenters. The van der Waals surface area contributed by atoms with Gasteiger partial charge in [0, 0.05) is 0 Å². The molecule has 0 fully saturated rings. The quantitative estimate of drug-likeness (QED) is 0.630. The molecule has 0 aliphatic heterocycles. The van der Waals surface area contributed by atoms with Crippen LogP contribution in [0.15, 0.2) is 47.4 Å². The Morgan fingerprint density at radius 1 is 1.18 bits per heavy atom. The smallest absolute Gasteiger partial charge is 0.341 e. The molecule has 2 aromatic rings. The predicted molar refractivity (Wildman–Crippen MR) is 77.0 cm³/mol. The Labute approximate surface area is 131 Å². The van der Waals surface area contributed by atoms with Gasteiger partial charge in [-0.15, -0.1) is 0 Å². The molecular formula is C14H10ClFO5S. The lowest BCUT2D eigenvalue weighted by Crippen LogP contribution is -2.13. The zero-order valence-electron chi connectivity index (χ0n) is 11.2. The van der Waals surface area contributed by atoms with Gasteiger partial charge in [-0.3, -0.25) is 0 Å². The van der Waals surface area contributed by atoms with E-state index < -0.39 is 21.9 Å². The van der Waals surface area contributed by atoms with Crippen LogP contribution in [0.25, 0.3) is 0 Å². The van der Waals surface area contributed by atoms with Gasteiger partial charge in [0.2, 0.25) is 0 Å². The third kappa shape index (κ3) is 3.37. The van der Waals surface area contributed by atoms with E-state index in [1.165, 1.54) is 24.3 Å². The highest BCUT2D eigenvalue weighted by atomic mass is 35.5. The first-order valence-corrected chi connectivity index (χ1v) is 7.70. The molecule has 0 radical (unpaired) electrons. The molecule has 8 heteroatoms. The maximum Gasteiger partial charge on any atom is 0.341 e. The molecule has 2 aromatic carbocycles. The van der Waals surface area contributed by atoms with Gasteiger partial charge in [-0.2, -0.15) is 8.42 Å². The number of ether oxygens (including phenoxy) is 1. The van der Waals surface area contributed by atoms with Crippen molar-refractivity contribution < 1.29 is 26.5 Å². The highest BCUT2D eigenvalue weighted by molar-refractivity contribution is 7.87. The molecule has 5 nitrogen and oxygen atoms in total. The van der Waals surface area contributed by atoms with Crippen molar-refractivity contribution in [3.05, 3.63) is 58.9 Å². The van der Waals surface area contributed by atoms with E-state index >= 15 is 0 Å². The Morgan fingerprint density at radius 3 is 2.50 bits per heavy atom. The number of halogens is 2. The minimum Gasteiger partial charge on any atom is -0.465 e. The number of para-hydroxylation sites is 1. The molecule has 0 aliphatic carbocycles. The molecule has 0 amide bonds. The fourth-order valence-corrected chi connectivity index (χ4v) is 2.84. The van der Waals surface area contributed by atoms with Crippen LogP contribution in [0.3, 0.4) is 0 Å². The number of carbonyl (C=O) groups excluding carboxylic acids is 1. The highest BCUT2D eigenvalue weighted by Gasteiger charge is 2.22. The Morgan fingerprint density at radius 2 is 1.86 bits per heavy atom. The molecule has 22 heavy (non-hydrogen) atoms. The minimum atomic E-state index is -4.28. The van der Waals surface area contributed by atoms with Crippen molar-refractivity contribution in [1.29, 1.82) is 0 Å². The fraction of sp³-hybridized carbons (Fsp3) is 0.0714. The van der Waals surface area contributed by atoms with E-state index in [-0.39, 0.29) is 21.2 Å². The number of esters is 1. The van der Waals surface area contributed by atoms with Crippen LogP contribution in [0.1, 0.15) is 10.4 Å². The van der Waals surface area contributed by atoms with Crippen LogP contribution in [-0.4, -0.2) is 21.5 Å². The van der Waals surface area contributed by atoms with Gasteiger partial charge in [-0.05, 0) is 30.3 Å². The second kappa shape index (κ2) is 6.33. The lowest BCUT2D eigenvalue weighted by Gasteiger charge is -2.10. The van der Waals surface area contributed by atoms with Crippen molar-refractivity contribution in [2.75, 3.05) is 7.11 Å². The van der Waals surface area contributed by atoms with Gasteiger partial charge in [0.15, 0.2) is 5.75 Å². The van der Waals surface area contributed by atoms with E-state index in [0.717, 1.165) is 25.3 Å². The molecule has 0 unspecified atom stereocenters. The molecule has 0 heterocycles. The first kappa shape index (κ1) is 16.3. The van der Waals surface area contributed by atoms with Gasteiger partial charge in [0.25, 0.3) is 0 Å². The number of benzene rings is 2. The maximum atomic E-state index is 13.1. The fourth-order valence-electron chi connectivity index (χ4n) is 1.62. The summed E-state index contributed by atoms with van der Waals surface area (Å²) in [5, 5.41) is -0.356. The van der Waals surface area contributed by atoms with Gasteiger partial charge >= 0.3 is 16.1 Å². The van der Waals surface area contributed by atoms with Crippen molar-refractivity contribution >= 4 is 27.7 Å². The number of hydrogen-bond acceptors (Lipinski definition) is 5. The summed E-state index contributed by atoms with van der Waals surface area (Å²) >= 11 is 5.56. The van der Waals surface area contributed by atoms with Gasteiger partial charge in [-0.1, -0.05) is 23.7 Å². The number of rotatable bonds is 4. The molecule has 0 saturated carbocycles. The zero-order valence-corrected chi connectivity index (χ0v) is 12.8. The molecule has 0 aromatic heterocycles. The molecule has 116 valence electrons. The summed E-state index contributed by atoms with van der Waals surface area (Å²) in [7, 11) is -3.12. The van der Waals surface area contributed by atoms with Crippen LogP contribution in [0.5, 0.6) is 5.75 Å². The predicted octanol–water partition coefficient (Wildman–Crippen LogP) is 3.03. The normalized spacial score (nSPS) is 11.0. The Hall–Kier alpha value is -2.12. The van der Waals surface area contributed by atoms with Crippen LogP contribution in [0.4, 0.5) is 4.39 Å². The van der Waals surface area contributed by atoms with Gasteiger partial charge in [0.1, 0.15) is 16.3 Å². The van der Waals surface area contributed by atoms with Crippen LogP contribution in [0.2, 0.25) is 5.02 Å². The Balaban J connectivity index is 2.41. The topological polar surface area (TPSA) is 69.7 Å². The van der Waals surface area contributed by atoms with Crippen molar-refractivity contribution in [3.8, 4) is 5.75 Å². The lowest BCUT2D eigenvalue weighted by molar-refractivity contribution is 0.0599. The van der Waals surface area contributed by atoms with Crippen LogP contribution < -0.4 is 4.18 Å². The van der Waals surface area contributed by atoms with Gasteiger partial charge < -0.3 is 8.92 Å². The van der Waals surface area contributed by atoms with E-state index in [0.29, 0.717) is 0 Å². The zero-order chi connectivity index (χ0) is 16.3.